The van der Waals surface area contributed by atoms with Gasteiger partial charge in [-0.3, -0.25) is 4.79 Å². The van der Waals surface area contributed by atoms with E-state index >= 15 is 0 Å². The number of benzene rings is 1. The van der Waals surface area contributed by atoms with Crippen molar-refractivity contribution in [2.75, 3.05) is 11.6 Å². The van der Waals surface area contributed by atoms with E-state index in [1.165, 1.54) is 22.7 Å². The molecule has 0 aromatic heterocycles. The summed E-state index contributed by atoms with van der Waals surface area (Å²) < 4.78 is 25.8. The Morgan fingerprint density at radius 2 is 2.11 bits per heavy atom. The Morgan fingerprint density at radius 3 is 2.74 bits per heavy atom. The number of hydrogen-bond acceptors (Lipinski definition) is 3. The molecule has 1 unspecified atom stereocenters. The van der Waals surface area contributed by atoms with Gasteiger partial charge in [-0.1, -0.05) is 6.07 Å². The molecule has 1 heterocycles. The molecule has 1 aliphatic heterocycles. The maximum absolute atomic E-state index is 13.0. The highest BCUT2D eigenvalue weighted by Crippen LogP contribution is 2.22. The molecule has 0 saturated carbocycles. The van der Waals surface area contributed by atoms with Gasteiger partial charge in [0.25, 0.3) is 0 Å². The highest BCUT2D eigenvalue weighted by molar-refractivity contribution is 7.99. The van der Waals surface area contributed by atoms with Crippen LogP contribution in [0.25, 0.3) is 0 Å². The van der Waals surface area contributed by atoms with Gasteiger partial charge >= 0.3 is 5.97 Å². The van der Waals surface area contributed by atoms with Crippen LogP contribution >= 0.6 is 11.8 Å². The van der Waals surface area contributed by atoms with Crippen LogP contribution < -0.4 is 0 Å². The summed E-state index contributed by atoms with van der Waals surface area (Å²) in [5.74, 6) is -2.79. The van der Waals surface area contributed by atoms with E-state index in [2.05, 4.69) is 0 Å². The van der Waals surface area contributed by atoms with Gasteiger partial charge in [-0.15, -0.1) is 11.8 Å². The van der Waals surface area contributed by atoms with E-state index < -0.39 is 29.6 Å². The first-order valence-corrected chi connectivity index (χ1v) is 6.68. The average molecular weight is 287 g/mol. The summed E-state index contributed by atoms with van der Waals surface area (Å²) >= 11 is 1.35. The normalized spacial score (nSPS) is 18.6. The van der Waals surface area contributed by atoms with Crippen LogP contribution in [0.5, 0.6) is 0 Å². The van der Waals surface area contributed by atoms with Gasteiger partial charge in [0.1, 0.15) is 6.04 Å². The van der Waals surface area contributed by atoms with Crippen LogP contribution in [0.3, 0.4) is 0 Å². The van der Waals surface area contributed by atoms with Gasteiger partial charge in [0.15, 0.2) is 11.6 Å². The Hall–Kier alpha value is -1.63. The molecular formula is C12H11F2NO3S. The summed E-state index contributed by atoms with van der Waals surface area (Å²) in [6, 6.07) is 2.37. The lowest BCUT2D eigenvalue weighted by Crippen LogP contribution is -2.42. The zero-order valence-electron chi connectivity index (χ0n) is 9.81. The summed E-state index contributed by atoms with van der Waals surface area (Å²) in [6.07, 6.45) is -0.137. The van der Waals surface area contributed by atoms with E-state index in [0.717, 1.165) is 12.1 Å². The molecule has 1 aromatic rings. The van der Waals surface area contributed by atoms with E-state index in [1.807, 2.05) is 0 Å². The van der Waals surface area contributed by atoms with Gasteiger partial charge in [0.2, 0.25) is 5.91 Å². The van der Waals surface area contributed by atoms with Crippen LogP contribution in [0.15, 0.2) is 18.2 Å². The van der Waals surface area contributed by atoms with Crippen LogP contribution in [0, 0.1) is 11.6 Å². The van der Waals surface area contributed by atoms with Crippen molar-refractivity contribution in [2.24, 2.45) is 0 Å². The third kappa shape index (κ3) is 3.04. The van der Waals surface area contributed by atoms with Gasteiger partial charge in [0, 0.05) is 5.75 Å². The maximum atomic E-state index is 13.0. The molecule has 0 radical (unpaired) electrons. The van der Waals surface area contributed by atoms with Crippen molar-refractivity contribution in [3.8, 4) is 0 Å². The molecule has 1 amide bonds. The number of carbonyl (C=O) groups is 2. The van der Waals surface area contributed by atoms with Crippen LogP contribution in [-0.4, -0.2) is 39.6 Å². The van der Waals surface area contributed by atoms with E-state index in [9.17, 15) is 18.4 Å². The molecule has 1 aliphatic rings. The van der Waals surface area contributed by atoms with Crippen molar-refractivity contribution in [1.29, 1.82) is 0 Å². The monoisotopic (exact) mass is 287 g/mol. The third-order valence-electron chi connectivity index (χ3n) is 2.83. The van der Waals surface area contributed by atoms with Crippen molar-refractivity contribution in [1.82, 2.24) is 4.90 Å². The standard InChI is InChI=1S/C12H11F2NO3S/c13-8-2-1-7(3-9(8)14)4-11(16)15-6-19-5-10(15)12(17)18/h1-3,10H,4-6H2,(H,17,18). The molecule has 0 aliphatic carbocycles. The molecule has 0 bridgehead atoms. The van der Waals surface area contributed by atoms with Crippen LogP contribution in [0.2, 0.25) is 0 Å². The lowest BCUT2D eigenvalue weighted by atomic mass is 10.1. The number of nitrogens with zero attached hydrogens (tertiary/aromatic N) is 1. The van der Waals surface area contributed by atoms with Gasteiger partial charge in [-0.05, 0) is 17.7 Å². The van der Waals surface area contributed by atoms with E-state index in [-0.39, 0.29) is 6.42 Å². The first-order chi connectivity index (χ1) is 8.99. The number of thioether (sulfide) groups is 1. The zero-order chi connectivity index (χ0) is 14.0. The highest BCUT2D eigenvalue weighted by Gasteiger charge is 2.34. The van der Waals surface area contributed by atoms with Gasteiger partial charge < -0.3 is 10.0 Å². The third-order valence-corrected chi connectivity index (χ3v) is 3.84. The summed E-state index contributed by atoms with van der Waals surface area (Å²) in [6.45, 7) is 0. The zero-order valence-corrected chi connectivity index (χ0v) is 10.6. The SMILES string of the molecule is O=C(O)C1CSCN1C(=O)Cc1ccc(F)c(F)c1. The molecule has 2 rings (SSSR count). The lowest BCUT2D eigenvalue weighted by Gasteiger charge is -2.20. The quantitative estimate of drug-likeness (QED) is 0.915. The number of carboxylic acid groups (broad SMARTS) is 1. The second-order valence-corrected chi connectivity index (χ2v) is 5.14. The van der Waals surface area contributed by atoms with Gasteiger partial charge in [0.05, 0.1) is 12.3 Å². The lowest BCUT2D eigenvalue weighted by molar-refractivity contribution is -0.147. The Morgan fingerprint density at radius 1 is 1.37 bits per heavy atom. The molecule has 19 heavy (non-hydrogen) atoms. The number of halogens is 2. The highest BCUT2D eigenvalue weighted by atomic mass is 32.2. The molecule has 1 atom stereocenters. The fourth-order valence-corrected chi connectivity index (χ4v) is 2.99. The second kappa shape index (κ2) is 5.56. The van der Waals surface area contributed by atoms with Crippen molar-refractivity contribution < 1.29 is 23.5 Å². The number of hydrogen-bond donors (Lipinski definition) is 1. The molecule has 7 heteroatoms. The number of carboxylic acids is 1. The van der Waals surface area contributed by atoms with Crippen LogP contribution in [-0.2, 0) is 16.0 Å². The summed E-state index contributed by atoms with van der Waals surface area (Å²) in [5.41, 5.74) is 0.324. The largest absolute Gasteiger partial charge is 0.480 e. The summed E-state index contributed by atoms with van der Waals surface area (Å²) in [7, 11) is 0. The molecule has 1 aromatic carbocycles. The summed E-state index contributed by atoms with van der Waals surface area (Å²) in [4.78, 5) is 24.2. The number of rotatable bonds is 3. The minimum absolute atomic E-state index is 0.137. The summed E-state index contributed by atoms with van der Waals surface area (Å²) in [5, 5.41) is 8.96. The molecule has 4 nitrogen and oxygen atoms in total. The number of aliphatic carboxylic acids is 1. The molecule has 1 N–H and O–H groups in total. The van der Waals surface area contributed by atoms with Crippen LogP contribution in [0.1, 0.15) is 5.56 Å². The van der Waals surface area contributed by atoms with E-state index in [1.54, 1.807) is 0 Å². The number of amides is 1. The van der Waals surface area contributed by atoms with Crippen molar-refractivity contribution in [2.45, 2.75) is 12.5 Å². The maximum Gasteiger partial charge on any atom is 0.327 e. The first-order valence-electron chi connectivity index (χ1n) is 5.53. The first kappa shape index (κ1) is 13.8. The average Bonchev–Trinajstić information content (AvgIpc) is 2.83. The Kier molecular flexibility index (Phi) is 4.04. The fourth-order valence-electron chi connectivity index (χ4n) is 1.82. The van der Waals surface area contributed by atoms with Gasteiger partial charge in [-0.2, -0.15) is 0 Å². The topological polar surface area (TPSA) is 57.6 Å². The minimum Gasteiger partial charge on any atom is -0.480 e. The fraction of sp³-hybridized carbons (Fsp3) is 0.333. The number of carbonyl (C=O) groups excluding carboxylic acids is 1. The minimum atomic E-state index is -1.05. The Balaban J connectivity index is 2.08. The molecule has 102 valence electrons. The molecule has 1 saturated heterocycles. The molecular weight excluding hydrogens is 276 g/mol. The van der Waals surface area contributed by atoms with Crippen molar-refractivity contribution >= 4 is 23.6 Å². The smallest absolute Gasteiger partial charge is 0.327 e. The molecule has 0 spiro atoms. The Bertz CT molecular complexity index is 524. The van der Waals surface area contributed by atoms with Crippen LogP contribution in [0.4, 0.5) is 8.78 Å². The Labute approximate surface area is 112 Å². The van der Waals surface area contributed by atoms with Crippen molar-refractivity contribution in [3.05, 3.63) is 35.4 Å². The predicted molar refractivity (Wildman–Crippen MR) is 65.7 cm³/mol. The van der Waals surface area contributed by atoms with Gasteiger partial charge in [-0.25, -0.2) is 13.6 Å². The molecule has 1 fully saturated rings. The van der Waals surface area contributed by atoms with Crippen molar-refractivity contribution in [3.63, 3.8) is 0 Å². The van der Waals surface area contributed by atoms with E-state index in [0.29, 0.717) is 17.2 Å². The predicted octanol–water partition coefficient (Wildman–Crippen LogP) is 1.49. The van der Waals surface area contributed by atoms with E-state index in [4.69, 9.17) is 5.11 Å². The second-order valence-electron chi connectivity index (χ2n) is 4.14.